The fraction of sp³-hybridized carbons (Fsp3) is 0.385. The lowest BCUT2D eigenvalue weighted by Gasteiger charge is -2.19. The molecular formula is C13H17NO5. The van der Waals surface area contributed by atoms with Crippen LogP contribution in [-0.2, 0) is 4.79 Å². The summed E-state index contributed by atoms with van der Waals surface area (Å²) < 4.78 is 0. The van der Waals surface area contributed by atoms with E-state index < -0.39 is 12.2 Å². The molecule has 0 saturated carbocycles. The van der Waals surface area contributed by atoms with Crippen LogP contribution in [0.4, 0.5) is 0 Å². The van der Waals surface area contributed by atoms with E-state index in [0.29, 0.717) is 5.56 Å². The SMILES string of the molecule is CC(=O)NCC(O)C(O)c1ccc(O)c(C(C)=O)c1. The van der Waals surface area contributed by atoms with Gasteiger partial charge in [-0.1, -0.05) is 6.07 Å². The highest BCUT2D eigenvalue weighted by molar-refractivity contribution is 5.96. The molecule has 2 unspecified atom stereocenters. The monoisotopic (exact) mass is 267 g/mol. The highest BCUT2D eigenvalue weighted by Gasteiger charge is 2.20. The molecule has 1 aromatic rings. The maximum atomic E-state index is 11.3. The number of rotatable bonds is 5. The van der Waals surface area contributed by atoms with Gasteiger partial charge in [0.1, 0.15) is 18.0 Å². The van der Waals surface area contributed by atoms with Crippen LogP contribution in [0, 0.1) is 0 Å². The van der Waals surface area contributed by atoms with Crippen LogP contribution in [0.1, 0.15) is 35.9 Å². The van der Waals surface area contributed by atoms with Gasteiger partial charge < -0.3 is 20.6 Å². The Labute approximate surface area is 110 Å². The maximum absolute atomic E-state index is 11.3. The summed E-state index contributed by atoms with van der Waals surface area (Å²) in [5, 5.41) is 31.5. The van der Waals surface area contributed by atoms with Crippen LogP contribution in [0.3, 0.4) is 0 Å². The number of Topliss-reactive ketones (excluding diaryl/α,β-unsaturated/α-hetero) is 1. The molecule has 0 bridgehead atoms. The molecule has 0 spiro atoms. The van der Waals surface area contributed by atoms with Crippen molar-refractivity contribution >= 4 is 11.7 Å². The fourth-order valence-corrected chi connectivity index (χ4v) is 1.60. The number of hydrogen-bond donors (Lipinski definition) is 4. The van der Waals surface area contributed by atoms with Gasteiger partial charge in [0.05, 0.1) is 5.56 Å². The van der Waals surface area contributed by atoms with Gasteiger partial charge in [-0.15, -0.1) is 0 Å². The van der Waals surface area contributed by atoms with Gasteiger partial charge in [0, 0.05) is 13.5 Å². The van der Waals surface area contributed by atoms with Gasteiger partial charge in [0.2, 0.25) is 5.91 Å². The third-order valence-corrected chi connectivity index (χ3v) is 2.67. The minimum atomic E-state index is -1.26. The Balaban J connectivity index is 2.87. The molecule has 1 rings (SSSR count). The number of aliphatic hydroxyl groups excluding tert-OH is 2. The zero-order chi connectivity index (χ0) is 14.6. The summed E-state index contributed by atoms with van der Waals surface area (Å²) in [4.78, 5) is 22.0. The smallest absolute Gasteiger partial charge is 0.216 e. The number of amides is 1. The van der Waals surface area contributed by atoms with E-state index in [-0.39, 0.29) is 29.5 Å². The second-order valence-corrected chi connectivity index (χ2v) is 4.28. The molecule has 4 N–H and O–H groups in total. The number of carbonyl (C=O) groups is 2. The number of carbonyl (C=O) groups excluding carboxylic acids is 2. The number of phenolic OH excluding ortho intramolecular Hbond substituents is 1. The van der Waals surface area contributed by atoms with Gasteiger partial charge in [0.25, 0.3) is 0 Å². The first-order chi connectivity index (χ1) is 8.82. The second-order valence-electron chi connectivity index (χ2n) is 4.28. The molecule has 0 aromatic heterocycles. The number of ketones is 1. The van der Waals surface area contributed by atoms with Crippen molar-refractivity contribution in [2.75, 3.05) is 6.54 Å². The van der Waals surface area contributed by atoms with Crippen LogP contribution in [0.2, 0.25) is 0 Å². The van der Waals surface area contributed by atoms with E-state index in [4.69, 9.17) is 0 Å². The Hall–Kier alpha value is -1.92. The number of phenols is 1. The number of aliphatic hydroxyl groups is 2. The quantitative estimate of drug-likeness (QED) is 0.567. The lowest BCUT2D eigenvalue weighted by Crippen LogP contribution is -2.34. The van der Waals surface area contributed by atoms with Crippen molar-refractivity contribution in [3.05, 3.63) is 29.3 Å². The minimum absolute atomic E-state index is 0.0725. The first-order valence-electron chi connectivity index (χ1n) is 5.77. The standard InChI is InChI=1S/C13H17NO5/c1-7(15)10-5-9(3-4-11(10)17)13(19)12(18)6-14-8(2)16/h3-5,12-13,17-19H,6H2,1-2H3,(H,14,16). The van der Waals surface area contributed by atoms with Gasteiger partial charge >= 0.3 is 0 Å². The van der Waals surface area contributed by atoms with Gasteiger partial charge in [-0.05, 0) is 24.6 Å². The molecule has 0 fully saturated rings. The minimum Gasteiger partial charge on any atom is -0.507 e. The normalized spacial score (nSPS) is 13.7. The van der Waals surface area contributed by atoms with Crippen LogP contribution in [-0.4, -0.2) is 39.7 Å². The number of nitrogens with one attached hydrogen (secondary N) is 1. The van der Waals surface area contributed by atoms with E-state index >= 15 is 0 Å². The molecule has 0 radical (unpaired) electrons. The van der Waals surface area contributed by atoms with E-state index in [2.05, 4.69) is 5.32 Å². The van der Waals surface area contributed by atoms with E-state index in [1.54, 1.807) is 0 Å². The first kappa shape index (κ1) is 15.1. The summed E-state index contributed by atoms with van der Waals surface area (Å²) in [6.07, 6.45) is -2.46. The van der Waals surface area contributed by atoms with Crippen LogP contribution in [0.25, 0.3) is 0 Å². The van der Waals surface area contributed by atoms with E-state index in [1.165, 1.54) is 32.0 Å². The largest absolute Gasteiger partial charge is 0.507 e. The predicted molar refractivity (Wildman–Crippen MR) is 67.8 cm³/mol. The molecular weight excluding hydrogens is 250 g/mol. The summed E-state index contributed by atoms with van der Waals surface area (Å²) in [5.74, 6) is -0.843. The van der Waals surface area contributed by atoms with Gasteiger partial charge in [0.15, 0.2) is 5.78 Å². The Morgan fingerprint density at radius 3 is 2.42 bits per heavy atom. The van der Waals surface area contributed by atoms with Crippen molar-refractivity contribution in [2.24, 2.45) is 0 Å². The molecule has 1 aromatic carbocycles. The average Bonchev–Trinajstić information content (AvgIpc) is 2.35. The Morgan fingerprint density at radius 1 is 1.26 bits per heavy atom. The van der Waals surface area contributed by atoms with Gasteiger partial charge in [-0.2, -0.15) is 0 Å². The topological polar surface area (TPSA) is 107 Å². The van der Waals surface area contributed by atoms with Crippen molar-refractivity contribution in [1.29, 1.82) is 0 Å². The predicted octanol–water partition coefficient (Wildman–Crippen LogP) is 0.125. The summed E-state index contributed by atoms with van der Waals surface area (Å²) in [7, 11) is 0. The Morgan fingerprint density at radius 2 is 1.89 bits per heavy atom. The summed E-state index contributed by atoms with van der Waals surface area (Å²) in [5.41, 5.74) is 0.365. The number of aromatic hydroxyl groups is 1. The first-order valence-corrected chi connectivity index (χ1v) is 5.77. The fourth-order valence-electron chi connectivity index (χ4n) is 1.60. The number of benzene rings is 1. The molecule has 1 amide bonds. The number of hydrogen-bond acceptors (Lipinski definition) is 5. The lowest BCUT2D eigenvalue weighted by molar-refractivity contribution is -0.119. The van der Waals surface area contributed by atoms with Gasteiger partial charge in [-0.25, -0.2) is 0 Å². The third-order valence-electron chi connectivity index (χ3n) is 2.67. The molecule has 0 aliphatic heterocycles. The van der Waals surface area contributed by atoms with Crippen molar-refractivity contribution in [2.45, 2.75) is 26.1 Å². The lowest BCUT2D eigenvalue weighted by atomic mass is 10.00. The maximum Gasteiger partial charge on any atom is 0.216 e. The van der Waals surface area contributed by atoms with E-state index in [0.717, 1.165) is 0 Å². The van der Waals surface area contributed by atoms with E-state index in [1.807, 2.05) is 0 Å². The molecule has 2 atom stereocenters. The highest BCUT2D eigenvalue weighted by Crippen LogP contribution is 2.24. The molecule has 0 aliphatic carbocycles. The highest BCUT2D eigenvalue weighted by atomic mass is 16.3. The van der Waals surface area contributed by atoms with Crippen LogP contribution in [0.5, 0.6) is 5.75 Å². The third kappa shape index (κ3) is 4.04. The van der Waals surface area contributed by atoms with Crippen LogP contribution < -0.4 is 5.32 Å². The van der Waals surface area contributed by atoms with Crippen molar-refractivity contribution < 1.29 is 24.9 Å². The Kier molecular flexibility index (Phi) is 5.02. The van der Waals surface area contributed by atoms with Crippen molar-refractivity contribution in [1.82, 2.24) is 5.32 Å². The van der Waals surface area contributed by atoms with Crippen molar-refractivity contribution in [3.8, 4) is 5.75 Å². The van der Waals surface area contributed by atoms with Gasteiger partial charge in [-0.3, -0.25) is 9.59 Å². The molecule has 0 heterocycles. The zero-order valence-electron chi connectivity index (χ0n) is 10.8. The Bertz CT molecular complexity index is 486. The van der Waals surface area contributed by atoms with Crippen LogP contribution >= 0.6 is 0 Å². The molecule has 104 valence electrons. The molecule has 0 aliphatic rings. The summed E-state index contributed by atoms with van der Waals surface area (Å²) in [6.45, 7) is 2.49. The average molecular weight is 267 g/mol. The molecule has 0 saturated heterocycles. The summed E-state index contributed by atoms with van der Waals surface area (Å²) >= 11 is 0. The van der Waals surface area contributed by atoms with E-state index in [9.17, 15) is 24.9 Å². The second kappa shape index (κ2) is 6.31. The summed E-state index contributed by atoms with van der Waals surface area (Å²) in [6, 6.07) is 4.00. The van der Waals surface area contributed by atoms with Crippen LogP contribution in [0.15, 0.2) is 18.2 Å². The molecule has 6 nitrogen and oxygen atoms in total. The van der Waals surface area contributed by atoms with Crippen molar-refractivity contribution in [3.63, 3.8) is 0 Å². The zero-order valence-corrected chi connectivity index (χ0v) is 10.8. The molecule has 19 heavy (non-hydrogen) atoms. The molecule has 6 heteroatoms.